The van der Waals surface area contributed by atoms with Crippen LogP contribution in [0.25, 0.3) is 0 Å². The molecule has 1 aromatic carbocycles. The molecule has 2 aliphatic heterocycles. The molecular formula is C14H16N4O. The van der Waals surface area contributed by atoms with E-state index in [9.17, 15) is 4.79 Å². The quantitative estimate of drug-likeness (QED) is 0.830. The standard InChI is InChI=1S/C14H16N4O/c15-7-10-3-4-12-13(6-10)18(9-14(19)17-12)8-11-2-1-5-16-11/h3-4,6,11,16H,1-2,5,8-9H2,(H,17,19). The summed E-state index contributed by atoms with van der Waals surface area (Å²) in [6, 6.07) is 7.97. The number of nitriles is 1. The van der Waals surface area contributed by atoms with Crippen molar-refractivity contribution < 1.29 is 4.79 Å². The molecule has 0 saturated carbocycles. The fourth-order valence-corrected chi connectivity index (χ4v) is 2.76. The second kappa shape index (κ2) is 4.90. The third-order valence-electron chi connectivity index (χ3n) is 3.68. The maximum absolute atomic E-state index is 11.7. The Labute approximate surface area is 112 Å². The summed E-state index contributed by atoms with van der Waals surface area (Å²) in [6.07, 6.45) is 2.33. The molecular weight excluding hydrogens is 240 g/mol. The molecule has 1 saturated heterocycles. The number of carbonyl (C=O) groups is 1. The number of amides is 1. The molecule has 98 valence electrons. The molecule has 2 heterocycles. The van der Waals surface area contributed by atoms with Crippen molar-refractivity contribution >= 4 is 17.3 Å². The number of carbonyl (C=O) groups excluding carboxylic acids is 1. The maximum atomic E-state index is 11.7. The van der Waals surface area contributed by atoms with Crippen molar-refractivity contribution in [3.63, 3.8) is 0 Å². The Hall–Kier alpha value is -2.06. The van der Waals surface area contributed by atoms with Gasteiger partial charge >= 0.3 is 0 Å². The monoisotopic (exact) mass is 256 g/mol. The topological polar surface area (TPSA) is 68.2 Å². The summed E-state index contributed by atoms with van der Waals surface area (Å²) in [5, 5.41) is 15.3. The first-order valence-electron chi connectivity index (χ1n) is 6.58. The van der Waals surface area contributed by atoms with Gasteiger partial charge < -0.3 is 15.5 Å². The highest BCUT2D eigenvalue weighted by molar-refractivity contribution is 6.01. The molecule has 19 heavy (non-hydrogen) atoms. The van der Waals surface area contributed by atoms with E-state index < -0.39 is 0 Å². The summed E-state index contributed by atoms with van der Waals surface area (Å²) in [7, 11) is 0. The van der Waals surface area contributed by atoms with E-state index in [2.05, 4.69) is 21.6 Å². The lowest BCUT2D eigenvalue weighted by Crippen LogP contribution is -2.44. The van der Waals surface area contributed by atoms with E-state index in [0.29, 0.717) is 18.2 Å². The van der Waals surface area contributed by atoms with Crippen LogP contribution in [0.15, 0.2) is 18.2 Å². The fourth-order valence-electron chi connectivity index (χ4n) is 2.76. The van der Waals surface area contributed by atoms with Crippen molar-refractivity contribution in [3.05, 3.63) is 23.8 Å². The van der Waals surface area contributed by atoms with E-state index >= 15 is 0 Å². The van der Waals surface area contributed by atoms with Crippen molar-refractivity contribution in [2.75, 3.05) is 29.9 Å². The Balaban J connectivity index is 1.88. The highest BCUT2D eigenvalue weighted by atomic mass is 16.2. The Morgan fingerprint density at radius 3 is 3.11 bits per heavy atom. The third kappa shape index (κ3) is 2.40. The second-order valence-corrected chi connectivity index (χ2v) is 5.07. The predicted molar refractivity (Wildman–Crippen MR) is 73.0 cm³/mol. The minimum atomic E-state index is 0.00945. The normalized spacial score (nSPS) is 21.7. The molecule has 3 rings (SSSR count). The lowest BCUT2D eigenvalue weighted by Gasteiger charge is -2.33. The molecule has 0 radical (unpaired) electrons. The molecule has 1 amide bonds. The third-order valence-corrected chi connectivity index (χ3v) is 3.68. The van der Waals surface area contributed by atoms with Crippen LogP contribution in [0.2, 0.25) is 0 Å². The first kappa shape index (κ1) is 12.0. The summed E-state index contributed by atoms with van der Waals surface area (Å²) in [6.45, 7) is 2.23. The van der Waals surface area contributed by atoms with Crippen LogP contribution in [0, 0.1) is 11.3 Å². The molecule has 1 fully saturated rings. The van der Waals surface area contributed by atoms with Crippen LogP contribution in [0.5, 0.6) is 0 Å². The van der Waals surface area contributed by atoms with Gasteiger partial charge in [0, 0.05) is 12.6 Å². The average molecular weight is 256 g/mol. The van der Waals surface area contributed by atoms with Gasteiger partial charge in [-0.15, -0.1) is 0 Å². The smallest absolute Gasteiger partial charge is 0.243 e. The molecule has 5 nitrogen and oxygen atoms in total. The zero-order valence-electron chi connectivity index (χ0n) is 10.6. The Morgan fingerprint density at radius 1 is 1.47 bits per heavy atom. The van der Waals surface area contributed by atoms with Gasteiger partial charge in [-0.25, -0.2) is 0 Å². The van der Waals surface area contributed by atoms with Gasteiger partial charge in [-0.2, -0.15) is 5.26 Å². The highest BCUT2D eigenvalue weighted by Gasteiger charge is 2.25. The summed E-state index contributed by atoms with van der Waals surface area (Å²) < 4.78 is 0. The van der Waals surface area contributed by atoms with E-state index in [1.54, 1.807) is 12.1 Å². The Bertz CT molecular complexity index is 543. The number of rotatable bonds is 2. The molecule has 0 aliphatic carbocycles. The van der Waals surface area contributed by atoms with Gasteiger partial charge in [0.25, 0.3) is 0 Å². The number of hydrogen-bond acceptors (Lipinski definition) is 4. The van der Waals surface area contributed by atoms with Crippen molar-refractivity contribution in [1.82, 2.24) is 5.32 Å². The van der Waals surface area contributed by atoms with Crippen molar-refractivity contribution in [3.8, 4) is 6.07 Å². The SMILES string of the molecule is N#Cc1ccc2c(c1)N(CC1CCCN1)CC(=O)N2. The zero-order chi connectivity index (χ0) is 13.2. The molecule has 0 bridgehead atoms. The number of anilines is 2. The van der Waals surface area contributed by atoms with Crippen LogP contribution < -0.4 is 15.5 Å². The molecule has 2 aliphatic rings. The van der Waals surface area contributed by atoms with Crippen LogP contribution in [-0.4, -0.2) is 31.6 Å². The maximum Gasteiger partial charge on any atom is 0.243 e. The average Bonchev–Trinajstić information content (AvgIpc) is 2.91. The summed E-state index contributed by atoms with van der Waals surface area (Å²) in [5.74, 6) is 0.00945. The van der Waals surface area contributed by atoms with E-state index in [1.165, 1.54) is 6.42 Å². The minimum absolute atomic E-state index is 0.00945. The van der Waals surface area contributed by atoms with Crippen LogP contribution >= 0.6 is 0 Å². The molecule has 2 N–H and O–H groups in total. The molecule has 1 aromatic rings. The number of fused-ring (bicyclic) bond motifs is 1. The molecule has 1 atom stereocenters. The lowest BCUT2D eigenvalue weighted by atomic mass is 10.1. The Kier molecular flexibility index (Phi) is 3.10. The number of hydrogen-bond donors (Lipinski definition) is 2. The van der Waals surface area contributed by atoms with Gasteiger partial charge in [-0.05, 0) is 37.6 Å². The number of benzene rings is 1. The molecule has 0 spiro atoms. The van der Waals surface area contributed by atoms with Crippen molar-refractivity contribution in [1.29, 1.82) is 5.26 Å². The number of nitrogens with one attached hydrogen (secondary N) is 2. The van der Waals surface area contributed by atoms with Crippen LogP contribution in [0.3, 0.4) is 0 Å². The van der Waals surface area contributed by atoms with E-state index in [4.69, 9.17) is 5.26 Å². The minimum Gasteiger partial charge on any atom is -0.359 e. The van der Waals surface area contributed by atoms with Gasteiger partial charge in [0.2, 0.25) is 5.91 Å². The van der Waals surface area contributed by atoms with Gasteiger partial charge in [-0.1, -0.05) is 0 Å². The Morgan fingerprint density at radius 2 is 2.37 bits per heavy atom. The summed E-state index contributed by atoms with van der Waals surface area (Å²) in [5.41, 5.74) is 2.37. The zero-order valence-corrected chi connectivity index (χ0v) is 10.6. The van der Waals surface area contributed by atoms with Crippen molar-refractivity contribution in [2.24, 2.45) is 0 Å². The highest BCUT2D eigenvalue weighted by Crippen LogP contribution is 2.30. The summed E-state index contributed by atoms with van der Waals surface area (Å²) >= 11 is 0. The van der Waals surface area contributed by atoms with E-state index in [-0.39, 0.29) is 5.91 Å². The van der Waals surface area contributed by atoms with Crippen LogP contribution in [0.4, 0.5) is 11.4 Å². The first-order valence-corrected chi connectivity index (χ1v) is 6.58. The second-order valence-electron chi connectivity index (χ2n) is 5.07. The lowest BCUT2D eigenvalue weighted by molar-refractivity contribution is -0.115. The van der Waals surface area contributed by atoms with Crippen LogP contribution in [0.1, 0.15) is 18.4 Å². The van der Waals surface area contributed by atoms with E-state index in [0.717, 1.165) is 30.9 Å². The van der Waals surface area contributed by atoms with Gasteiger partial charge in [0.1, 0.15) is 0 Å². The fraction of sp³-hybridized carbons (Fsp3) is 0.429. The first-order chi connectivity index (χ1) is 9.26. The van der Waals surface area contributed by atoms with Crippen molar-refractivity contribution in [2.45, 2.75) is 18.9 Å². The molecule has 5 heteroatoms. The largest absolute Gasteiger partial charge is 0.359 e. The predicted octanol–water partition coefficient (Wildman–Crippen LogP) is 1.07. The number of nitrogens with zero attached hydrogens (tertiary/aromatic N) is 2. The van der Waals surface area contributed by atoms with Gasteiger partial charge in [0.05, 0.1) is 29.6 Å². The summed E-state index contributed by atoms with van der Waals surface area (Å²) in [4.78, 5) is 13.8. The van der Waals surface area contributed by atoms with E-state index in [1.807, 2.05) is 6.07 Å². The molecule has 1 unspecified atom stereocenters. The van der Waals surface area contributed by atoms with Gasteiger partial charge in [0.15, 0.2) is 0 Å². The molecule has 0 aromatic heterocycles. The van der Waals surface area contributed by atoms with Crippen LogP contribution in [-0.2, 0) is 4.79 Å². The van der Waals surface area contributed by atoms with Gasteiger partial charge in [-0.3, -0.25) is 4.79 Å².